The van der Waals surface area contributed by atoms with Crippen LogP contribution in [0.15, 0.2) is 42.6 Å². The number of imide groups is 1. The van der Waals surface area contributed by atoms with Crippen molar-refractivity contribution >= 4 is 23.8 Å². The molecular formula is C17H16N2O6. The van der Waals surface area contributed by atoms with E-state index in [1.807, 2.05) is 0 Å². The first kappa shape index (κ1) is 17.9. The molecule has 1 aromatic carbocycles. The number of rotatable bonds is 5. The van der Waals surface area contributed by atoms with Gasteiger partial charge < -0.3 is 14.0 Å². The van der Waals surface area contributed by atoms with Gasteiger partial charge >= 0.3 is 11.9 Å². The van der Waals surface area contributed by atoms with E-state index >= 15 is 0 Å². The number of methoxy groups -OCH3 is 1. The van der Waals surface area contributed by atoms with Crippen LogP contribution in [0.25, 0.3) is 0 Å². The highest BCUT2D eigenvalue weighted by molar-refractivity contribution is 6.06. The summed E-state index contributed by atoms with van der Waals surface area (Å²) < 4.78 is 11.0. The first-order chi connectivity index (χ1) is 11.9. The standard InChI is InChI=1S/C17H16N2O6/c1-19-9-5-8-13(19)15(21)18-14(20)10-25-17(23)12-7-4-3-6-11(12)16(22)24-2/h3-9H,10H2,1-2H3,(H,18,20,21). The van der Waals surface area contributed by atoms with Crippen LogP contribution in [0.5, 0.6) is 0 Å². The lowest BCUT2D eigenvalue weighted by atomic mass is 10.1. The lowest BCUT2D eigenvalue weighted by Gasteiger charge is -2.08. The van der Waals surface area contributed by atoms with Crippen molar-refractivity contribution < 1.29 is 28.7 Å². The molecule has 130 valence electrons. The zero-order valence-corrected chi connectivity index (χ0v) is 13.6. The average molecular weight is 344 g/mol. The number of hydrogen-bond donors (Lipinski definition) is 1. The summed E-state index contributed by atoms with van der Waals surface area (Å²) in [6.07, 6.45) is 1.66. The summed E-state index contributed by atoms with van der Waals surface area (Å²) in [7, 11) is 2.84. The highest BCUT2D eigenvalue weighted by Gasteiger charge is 2.20. The van der Waals surface area contributed by atoms with Crippen LogP contribution in [0.4, 0.5) is 0 Å². The molecule has 8 nitrogen and oxygen atoms in total. The topological polar surface area (TPSA) is 104 Å². The second-order valence-electron chi connectivity index (χ2n) is 4.99. The van der Waals surface area contributed by atoms with E-state index in [-0.39, 0.29) is 16.8 Å². The van der Waals surface area contributed by atoms with Gasteiger partial charge in [-0.3, -0.25) is 14.9 Å². The number of ether oxygens (including phenoxy) is 2. The summed E-state index contributed by atoms with van der Waals surface area (Å²) in [5, 5.41) is 2.11. The first-order valence-corrected chi connectivity index (χ1v) is 7.24. The quantitative estimate of drug-likeness (QED) is 0.809. The number of aromatic nitrogens is 1. The second kappa shape index (κ2) is 7.91. The Hall–Kier alpha value is -3.42. The number of esters is 2. The number of carbonyl (C=O) groups excluding carboxylic acids is 4. The molecule has 0 aliphatic heterocycles. The molecule has 1 heterocycles. The Bertz CT molecular complexity index is 824. The Morgan fingerprint density at radius 1 is 1.00 bits per heavy atom. The van der Waals surface area contributed by atoms with E-state index < -0.39 is 30.4 Å². The number of nitrogens with zero attached hydrogens (tertiary/aromatic N) is 1. The van der Waals surface area contributed by atoms with Crippen molar-refractivity contribution in [3.8, 4) is 0 Å². The van der Waals surface area contributed by atoms with Crippen LogP contribution in [-0.4, -0.2) is 42.0 Å². The van der Waals surface area contributed by atoms with Gasteiger partial charge in [0.05, 0.1) is 18.2 Å². The number of carbonyl (C=O) groups is 4. The summed E-state index contributed by atoms with van der Waals surface area (Å²) in [5.74, 6) is -2.96. The smallest absolute Gasteiger partial charge is 0.339 e. The van der Waals surface area contributed by atoms with Gasteiger partial charge in [0.2, 0.25) is 0 Å². The van der Waals surface area contributed by atoms with Gasteiger partial charge in [0.15, 0.2) is 6.61 Å². The number of amides is 2. The predicted molar refractivity (Wildman–Crippen MR) is 86.0 cm³/mol. The van der Waals surface area contributed by atoms with Gasteiger partial charge in [-0.15, -0.1) is 0 Å². The molecule has 0 atom stereocenters. The predicted octanol–water partition coefficient (Wildman–Crippen LogP) is 0.925. The molecule has 1 aromatic heterocycles. The molecule has 0 aliphatic rings. The van der Waals surface area contributed by atoms with Crippen LogP contribution < -0.4 is 5.32 Å². The molecule has 0 aliphatic carbocycles. The van der Waals surface area contributed by atoms with Crippen molar-refractivity contribution in [2.75, 3.05) is 13.7 Å². The SMILES string of the molecule is COC(=O)c1ccccc1C(=O)OCC(=O)NC(=O)c1cccn1C. The molecular weight excluding hydrogens is 328 g/mol. The third-order valence-electron chi connectivity index (χ3n) is 3.32. The first-order valence-electron chi connectivity index (χ1n) is 7.24. The maximum atomic E-state index is 12.1. The summed E-state index contributed by atoms with van der Waals surface area (Å²) in [4.78, 5) is 47.3. The molecule has 0 spiro atoms. The summed E-state index contributed by atoms with van der Waals surface area (Å²) in [6.45, 7) is -0.662. The van der Waals surface area contributed by atoms with E-state index in [1.54, 1.807) is 42.1 Å². The molecule has 0 bridgehead atoms. The Morgan fingerprint density at radius 2 is 1.64 bits per heavy atom. The maximum absolute atomic E-state index is 12.1. The van der Waals surface area contributed by atoms with E-state index in [0.717, 1.165) is 0 Å². The Balaban J connectivity index is 1.96. The Labute approximate surface area is 143 Å². The highest BCUT2D eigenvalue weighted by Crippen LogP contribution is 2.11. The lowest BCUT2D eigenvalue weighted by molar-refractivity contribution is -0.123. The van der Waals surface area contributed by atoms with Gasteiger partial charge in [0.25, 0.3) is 11.8 Å². The van der Waals surface area contributed by atoms with Crippen LogP contribution in [0.1, 0.15) is 31.2 Å². The monoisotopic (exact) mass is 344 g/mol. The number of benzene rings is 1. The van der Waals surface area contributed by atoms with E-state index in [9.17, 15) is 19.2 Å². The van der Waals surface area contributed by atoms with E-state index in [1.165, 1.54) is 19.2 Å². The Kier molecular flexibility index (Phi) is 5.67. The zero-order valence-electron chi connectivity index (χ0n) is 13.6. The second-order valence-corrected chi connectivity index (χ2v) is 4.99. The molecule has 25 heavy (non-hydrogen) atoms. The fourth-order valence-electron chi connectivity index (χ4n) is 2.08. The largest absolute Gasteiger partial charge is 0.465 e. The van der Waals surface area contributed by atoms with Crippen LogP contribution in [0, 0.1) is 0 Å². The fraction of sp³-hybridized carbons (Fsp3) is 0.176. The fourth-order valence-corrected chi connectivity index (χ4v) is 2.08. The number of aryl methyl sites for hydroxylation is 1. The van der Waals surface area contributed by atoms with E-state index in [4.69, 9.17) is 4.74 Å². The zero-order chi connectivity index (χ0) is 18.4. The Morgan fingerprint density at radius 3 is 2.20 bits per heavy atom. The molecule has 2 amide bonds. The maximum Gasteiger partial charge on any atom is 0.339 e. The van der Waals surface area contributed by atoms with Crippen LogP contribution in [0.2, 0.25) is 0 Å². The molecule has 1 N–H and O–H groups in total. The molecule has 0 unspecified atom stereocenters. The molecule has 0 radical (unpaired) electrons. The lowest BCUT2D eigenvalue weighted by Crippen LogP contribution is -2.35. The van der Waals surface area contributed by atoms with Crippen molar-refractivity contribution in [3.05, 3.63) is 59.4 Å². The average Bonchev–Trinajstić information content (AvgIpc) is 3.05. The molecule has 2 aromatic rings. The van der Waals surface area contributed by atoms with Crippen LogP contribution >= 0.6 is 0 Å². The van der Waals surface area contributed by atoms with Crippen molar-refractivity contribution in [2.45, 2.75) is 0 Å². The minimum absolute atomic E-state index is 0.0234. The van der Waals surface area contributed by atoms with Gasteiger partial charge in [0.1, 0.15) is 5.69 Å². The van der Waals surface area contributed by atoms with Crippen molar-refractivity contribution in [3.63, 3.8) is 0 Å². The summed E-state index contributed by atoms with van der Waals surface area (Å²) >= 11 is 0. The molecule has 8 heteroatoms. The van der Waals surface area contributed by atoms with Gasteiger partial charge in [-0.05, 0) is 24.3 Å². The van der Waals surface area contributed by atoms with E-state index in [2.05, 4.69) is 10.1 Å². The minimum Gasteiger partial charge on any atom is -0.465 e. The van der Waals surface area contributed by atoms with Crippen LogP contribution in [0.3, 0.4) is 0 Å². The molecule has 0 saturated carbocycles. The highest BCUT2D eigenvalue weighted by atomic mass is 16.5. The van der Waals surface area contributed by atoms with Crippen molar-refractivity contribution in [1.82, 2.24) is 9.88 Å². The van der Waals surface area contributed by atoms with Gasteiger partial charge in [0, 0.05) is 13.2 Å². The van der Waals surface area contributed by atoms with Gasteiger partial charge in [-0.25, -0.2) is 9.59 Å². The number of nitrogens with one attached hydrogen (secondary N) is 1. The van der Waals surface area contributed by atoms with Crippen molar-refractivity contribution in [1.29, 1.82) is 0 Å². The molecule has 0 saturated heterocycles. The third kappa shape index (κ3) is 4.31. The summed E-state index contributed by atoms with van der Waals surface area (Å²) in [5.41, 5.74) is 0.280. The van der Waals surface area contributed by atoms with Crippen LogP contribution in [-0.2, 0) is 21.3 Å². The molecule has 2 rings (SSSR count). The van der Waals surface area contributed by atoms with E-state index in [0.29, 0.717) is 0 Å². The normalized spacial score (nSPS) is 10.0. The minimum atomic E-state index is -0.873. The molecule has 0 fully saturated rings. The van der Waals surface area contributed by atoms with Gasteiger partial charge in [-0.2, -0.15) is 0 Å². The third-order valence-corrected chi connectivity index (χ3v) is 3.32. The van der Waals surface area contributed by atoms with Crippen molar-refractivity contribution in [2.24, 2.45) is 7.05 Å². The number of hydrogen-bond acceptors (Lipinski definition) is 6. The summed E-state index contributed by atoms with van der Waals surface area (Å²) in [6, 6.07) is 9.09. The van der Waals surface area contributed by atoms with Gasteiger partial charge in [-0.1, -0.05) is 12.1 Å².